The third-order valence-corrected chi connectivity index (χ3v) is 5.21. The van der Waals surface area contributed by atoms with Gasteiger partial charge in [-0.15, -0.1) is 0 Å². The van der Waals surface area contributed by atoms with Crippen molar-refractivity contribution in [1.82, 2.24) is 10.2 Å². The lowest BCUT2D eigenvalue weighted by atomic mass is 10.1. The van der Waals surface area contributed by atoms with Gasteiger partial charge in [0.1, 0.15) is 6.10 Å². The number of hydrogen-bond acceptors (Lipinski definition) is 4. The lowest BCUT2D eigenvalue weighted by molar-refractivity contribution is 0.0906. The number of aliphatic imine (C=N–C) groups is 1. The van der Waals surface area contributed by atoms with Gasteiger partial charge in [-0.05, 0) is 31.0 Å². The Morgan fingerprint density at radius 3 is 2.60 bits per heavy atom. The maximum atomic E-state index is 6.03. The molecule has 0 aliphatic carbocycles. The number of guanidine groups is 1. The van der Waals surface area contributed by atoms with E-state index >= 15 is 0 Å². The summed E-state index contributed by atoms with van der Waals surface area (Å²) in [7, 11) is 3.48. The number of benzene rings is 2. The number of likely N-dealkylation sites (tertiary alicyclic amines) is 1. The zero-order chi connectivity index (χ0) is 21.2. The molecule has 1 saturated heterocycles. The summed E-state index contributed by atoms with van der Waals surface area (Å²) in [6.07, 6.45) is 1.09. The average molecular weight is 412 g/mol. The number of ether oxygens (including phenoxy) is 3. The first kappa shape index (κ1) is 22.0. The highest BCUT2D eigenvalue weighted by atomic mass is 16.5. The minimum Gasteiger partial charge on any atom is -0.493 e. The second-order valence-corrected chi connectivity index (χ2v) is 7.61. The van der Waals surface area contributed by atoms with Crippen LogP contribution in [-0.2, 0) is 11.3 Å². The summed E-state index contributed by atoms with van der Waals surface area (Å²) < 4.78 is 17.3. The van der Waals surface area contributed by atoms with E-state index in [1.807, 2.05) is 56.4 Å². The first-order chi connectivity index (χ1) is 14.7. The normalized spacial score (nSPS) is 17.6. The van der Waals surface area contributed by atoms with Crippen molar-refractivity contribution in [2.75, 3.05) is 40.4 Å². The predicted molar refractivity (Wildman–Crippen MR) is 120 cm³/mol. The van der Waals surface area contributed by atoms with Gasteiger partial charge >= 0.3 is 0 Å². The third kappa shape index (κ3) is 6.39. The maximum absolute atomic E-state index is 6.03. The van der Waals surface area contributed by atoms with Crippen LogP contribution in [0, 0.1) is 5.92 Å². The lowest BCUT2D eigenvalue weighted by Crippen LogP contribution is -2.43. The summed E-state index contributed by atoms with van der Waals surface area (Å²) in [5, 5.41) is 3.44. The molecule has 0 aromatic heterocycles. The summed E-state index contributed by atoms with van der Waals surface area (Å²) in [4.78, 5) is 6.75. The Labute approximate surface area is 179 Å². The van der Waals surface area contributed by atoms with Crippen LogP contribution >= 0.6 is 0 Å². The molecule has 1 N–H and O–H groups in total. The second kappa shape index (κ2) is 11.5. The molecule has 30 heavy (non-hydrogen) atoms. The van der Waals surface area contributed by atoms with Crippen LogP contribution in [0.2, 0.25) is 0 Å². The van der Waals surface area contributed by atoms with Crippen LogP contribution in [0.3, 0.4) is 0 Å². The molecular formula is C24H33N3O3. The van der Waals surface area contributed by atoms with Crippen LogP contribution in [0.1, 0.15) is 18.9 Å². The molecule has 2 atom stereocenters. The molecule has 0 spiro atoms. The number of methoxy groups -OCH3 is 1. The van der Waals surface area contributed by atoms with Gasteiger partial charge in [0.15, 0.2) is 17.5 Å². The summed E-state index contributed by atoms with van der Waals surface area (Å²) in [6.45, 7) is 6.09. The fourth-order valence-electron chi connectivity index (χ4n) is 3.62. The standard InChI is InChI=1S/C24H33N3O3/c1-19(30-23-12-8-7-11-22(23)28-3)15-26-24(25-2)27-14-13-21(16-27)18-29-17-20-9-5-4-6-10-20/h4-12,19,21H,13-18H2,1-3H3,(H,25,26). The van der Waals surface area contributed by atoms with Gasteiger partial charge in [0, 0.05) is 26.1 Å². The van der Waals surface area contributed by atoms with Crippen LogP contribution in [0.15, 0.2) is 59.6 Å². The van der Waals surface area contributed by atoms with E-state index in [-0.39, 0.29) is 6.10 Å². The van der Waals surface area contributed by atoms with E-state index in [2.05, 4.69) is 27.3 Å². The minimum absolute atomic E-state index is 0.0225. The Morgan fingerprint density at radius 2 is 1.87 bits per heavy atom. The van der Waals surface area contributed by atoms with Gasteiger partial charge < -0.3 is 24.4 Å². The number of para-hydroxylation sites is 2. The third-order valence-electron chi connectivity index (χ3n) is 5.21. The maximum Gasteiger partial charge on any atom is 0.193 e. The van der Waals surface area contributed by atoms with E-state index in [0.717, 1.165) is 43.6 Å². The van der Waals surface area contributed by atoms with Crippen LogP contribution in [0.25, 0.3) is 0 Å². The molecule has 162 valence electrons. The van der Waals surface area contributed by atoms with Crippen LogP contribution in [-0.4, -0.2) is 57.4 Å². The molecule has 1 aliphatic rings. The molecule has 6 nitrogen and oxygen atoms in total. The Hall–Kier alpha value is -2.73. The minimum atomic E-state index is -0.0225. The molecule has 3 rings (SSSR count). The van der Waals surface area contributed by atoms with E-state index in [1.165, 1.54) is 5.56 Å². The molecule has 0 saturated carbocycles. The molecule has 0 amide bonds. The van der Waals surface area contributed by atoms with Crippen molar-refractivity contribution >= 4 is 5.96 Å². The lowest BCUT2D eigenvalue weighted by Gasteiger charge is -2.24. The molecule has 2 unspecified atom stereocenters. The fourth-order valence-corrected chi connectivity index (χ4v) is 3.62. The fraction of sp³-hybridized carbons (Fsp3) is 0.458. The molecule has 6 heteroatoms. The predicted octanol–water partition coefficient (Wildman–Crippen LogP) is 3.58. The Kier molecular flexibility index (Phi) is 8.39. The van der Waals surface area contributed by atoms with Gasteiger partial charge in [0.05, 0.1) is 26.9 Å². The Balaban J connectivity index is 1.40. The van der Waals surface area contributed by atoms with Gasteiger partial charge in [-0.2, -0.15) is 0 Å². The highest BCUT2D eigenvalue weighted by molar-refractivity contribution is 5.80. The summed E-state index contributed by atoms with van der Waals surface area (Å²) >= 11 is 0. The van der Waals surface area contributed by atoms with Crippen molar-refractivity contribution < 1.29 is 14.2 Å². The Bertz CT molecular complexity index is 797. The van der Waals surface area contributed by atoms with Gasteiger partial charge in [-0.1, -0.05) is 42.5 Å². The zero-order valence-corrected chi connectivity index (χ0v) is 18.2. The van der Waals surface area contributed by atoms with E-state index in [0.29, 0.717) is 19.1 Å². The number of hydrogen-bond donors (Lipinski definition) is 1. The highest BCUT2D eigenvalue weighted by Gasteiger charge is 2.25. The van der Waals surface area contributed by atoms with Crippen molar-refractivity contribution in [3.8, 4) is 11.5 Å². The smallest absolute Gasteiger partial charge is 0.193 e. The monoisotopic (exact) mass is 411 g/mol. The van der Waals surface area contributed by atoms with Gasteiger partial charge in [0.25, 0.3) is 0 Å². The van der Waals surface area contributed by atoms with Crippen molar-refractivity contribution in [3.63, 3.8) is 0 Å². The van der Waals surface area contributed by atoms with Gasteiger partial charge in [-0.25, -0.2) is 0 Å². The van der Waals surface area contributed by atoms with Crippen molar-refractivity contribution in [2.45, 2.75) is 26.1 Å². The van der Waals surface area contributed by atoms with Gasteiger partial charge in [-0.3, -0.25) is 4.99 Å². The SMILES string of the molecule is CN=C(NCC(C)Oc1ccccc1OC)N1CCC(COCc2ccccc2)C1. The molecule has 1 fully saturated rings. The topological polar surface area (TPSA) is 55.3 Å². The largest absolute Gasteiger partial charge is 0.493 e. The van der Waals surface area contributed by atoms with Crippen molar-refractivity contribution in [1.29, 1.82) is 0 Å². The molecule has 0 radical (unpaired) electrons. The quantitative estimate of drug-likeness (QED) is 0.505. The Morgan fingerprint density at radius 1 is 1.13 bits per heavy atom. The average Bonchev–Trinajstić information content (AvgIpc) is 3.24. The van der Waals surface area contributed by atoms with E-state index in [4.69, 9.17) is 14.2 Å². The van der Waals surface area contributed by atoms with Crippen LogP contribution < -0.4 is 14.8 Å². The van der Waals surface area contributed by atoms with Gasteiger partial charge in [0.2, 0.25) is 0 Å². The van der Waals surface area contributed by atoms with Crippen molar-refractivity contribution in [2.24, 2.45) is 10.9 Å². The van der Waals surface area contributed by atoms with Crippen molar-refractivity contribution in [3.05, 3.63) is 60.2 Å². The first-order valence-corrected chi connectivity index (χ1v) is 10.6. The highest BCUT2D eigenvalue weighted by Crippen LogP contribution is 2.26. The molecule has 2 aromatic carbocycles. The molecular weight excluding hydrogens is 378 g/mol. The van der Waals surface area contributed by atoms with E-state index in [9.17, 15) is 0 Å². The van der Waals surface area contributed by atoms with Crippen LogP contribution in [0.4, 0.5) is 0 Å². The molecule has 2 aromatic rings. The summed E-state index contributed by atoms with van der Waals surface area (Å²) in [5.74, 6) is 2.93. The summed E-state index contributed by atoms with van der Waals surface area (Å²) in [5.41, 5.74) is 1.22. The number of rotatable bonds is 9. The molecule has 1 heterocycles. The number of nitrogens with zero attached hydrogens (tertiary/aromatic N) is 2. The molecule has 1 aliphatic heterocycles. The van der Waals surface area contributed by atoms with E-state index in [1.54, 1.807) is 7.11 Å². The molecule has 0 bridgehead atoms. The van der Waals surface area contributed by atoms with E-state index < -0.39 is 0 Å². The summed E-state index contributed by atoms with van der Waals surface area (Å²) in [6, 6.07) is 18.0. The van der Waals surface area contributed by atoms with Crippen LogP contribution in [0.5, 0.6) is 11.5 Å². The first-order valence-electron chi connectivity index (χ1n) is 10.6. The number of nitrogens with one attached hydrogen (secondary N) is 1. The second-order valence-electron chi connectivity index (χ2n) is 7.61. The zero-order valence-electron chi connectivity index (χ0n) is 18.2.